The molecule has 0 radical (unpaired) electrons. The van der Waals surface area contributed by atoms with Gasteiger partial charge < -0.3 is 9.84 Å². The van der Waals surface area contributed by atoms with Crippen LogP contribution in [0.2, 0.25) is 0 Å². The van der Waals surface area contributed by atoms with Gasteiger partial charge in [0.1, 0.15) is 6.17 Å². The summed E-state index contributed by atoms with van der Waals surface area (Å²) in [6.45, 7) is 4.37. The van der Waals surface area contributed by atoms with Crippen LogP contribution in [0.5, 0.6) is 0 Å². The third-order valence-corrected chi connectivity index (χ3v) is 2.35. The van der Waals surface area contributed by atoms with Gasteiger partial charge >= 0.3 is 0 Å². The lowest BCUT2D eigenvalue weighted by Gasteiger charge is -2.01. The Morgan fingerprint density at radius 3 is 2.73 bits per heavy atom. The Balaban J connectivity index is 0.00000112. The Morgan fingerprint density at radius 2 is 2.27 bits per heavy atom. The van der Waals surface area contributed by atoms with Crippen LogP contribution in [0, 0.1) is 0 Å². The molecule has 86 valence electrons. The van der Waals surface area contributed by atoms with Gasteiger partial charge in [-0.2, -0.15) is 4.98 Å². The molecule has 0 saturated carbocycles. The van der Waals surface area contributed by atoms with Gasteiger partial charge in [-0.1, -0.05) is 19.0 Å². The topological polar surface area (TPSA) is 51.0 Å². The zero-order valence-electron chi connectivity index (χ0n) is 8.74. The van der Waals surface area contributed by atoms with Crippen molar-refractivity contribution in [2.75, 3.05) is 6.54 Å². The Morgan fingerprint density at radius 1 is 1.53 bits per heavy atom. The number of hydrogen-bond acceptors (Lipinski definition) is 4. The van der Waals surface area contributed by atoms with Crippen molar-refractivity contribution in [1.29, 1.82) is 0 Å². The molecular formula is C9H15ClFN3O. The predicted octanol–water partition coefficient (Wildman–Crippen LogP) is 1.99. The van der Waals surface area contributed by atoms with Gasteiger partial charge in [0.05, 0.1) is 6.04 Å². The van der Waals surface area contributed by atoms with E-state index in [-0.39, 0.29) is 24.4 Å². The first kappa shape index (κ1) is 12.4. The molecule has 1 aliphatic rings. The van der Waals surface area contributed by atoms with Gasteiger partial charge in [0, 0.05) is 18.9 Å². The summed E-state index contributed by atoms with van der Waals surface area (Å²) < 4.78 is 17.9. The SMILES string of the molecule is CC(C)c1noc(C2CC(F)CN2)n1.Cl. The first-order valence-corrected chi connectivity index (χ1v) is 4.87. The number of hydrogen-bond donors (Lipinski definition) is 1. The third kappa shape index (κ3) is 2.66. The van der Waals surface area contributed by atoms with Gasteiger partial charge in [0.2, 0.25) is 5.89 Å². The molecule has 15 heavy (non-hydrogen) atoms. The standard InChI is InChI=1S/C9H14FN3O.ClH/c1-5(2)8-12-9(14-13-8)7-3-6(10)4-11-7;/h5-7,11H,3-4H2,1-2H3;1H. The van der Waals surface area contributed by atoms with Gasteiger partial charge in [0.15, 0.2) is 5.82 Å². The highest BCUT2D eigenvalue weighted by Crippen LogP contribution is 2.24. The Labute approximate surface area is 94.0 Å². The first-order chi connectivity index (χ1) is 6.66. The summed E-state index contributed by atoms with van der Waals surface area (Å²) in [6, 6.07) is -0.106. The first-order valence-electron chi connectivity index (χ1n) is 4.87. The molecule has 1 aromatic rings. The Bertz CT molecular complexity index is 318. The molecule has 0 spiro atoms. The smallest absolute Gasteiger partial charge is 0.243 e. The van der Waals surface area contributed by atoms with Crippen molar-refractivity contribution in [3.63, 3.8) is 0 Å². The van der Waals surface area contributed by atoms with E-state index in [4.69, 9.17) is 4.52 Å². The molecule has 1 aliphatic heterocycles. The summed E-state index contributed by atoms with van der Waals surface area (Å²) in [5.74, 6) is 1.44. The fourth-order valence-electron chi connectivity index (χ4n) is 1.50. The van der Waals surface area contributed by atoms with Gasteiger partial charge in [-0.05, 0) is 0 Å². The minimum absolute atomic E-state index is 0. The fraction of sp³-hybridized carbons (Fsp3) is 0.778. The molecule has 0 aliphatic carbocycles. The van der Waals surface area contributed by atoms with Gasteiger partial charge in [-0.25, -0.2) is 4.39 Å². The van der Waals surface area contributed by atoms with E-state index in [1.54, 1.807) is 0 Å². The van der Waals surface area contributed by atoms with Crippen LogP contribution in [-0.2, 0) is 0 Å². The predicted molar refractivity (Wildman–Crippen MR) is 55.9 cm³/mol. The highest BCUT2D eigenvalue weighted by atomic mass is 35.5. The average molecular weight is 236 g/mol. The van der Waals surface area contributed by atoms with Crippen molar-refractivity contribution in [2.24, 2.45) is 0 Å². The Kier molecular flexibility index (Phi) is 4.04. The van der Waals surface area contributed by atoms with E-state index in [2.05, 4.69) is 15.5 Å². The molecular weight excluding hydrogens is 221 g/mol. The summed E-state index contributed by atoms with van der Waals surface area (Å²) in [5, 5.41) is 6.84. The second-order valence-electron chi connectivity index (χ2n) is 3.94. The number of alkyl halides is 1. The minimum atomic E-state index is -0.797. The molecule has 0 bridgehead atoms. The number of rotatable bonds is 2. The number of nitrogens with zero attached hydrogens (tertiary/aromatic N) is 2. The molecule has 2 rings (SSSR count). The molecule has 2 unspecified atom stereocenters. The highest BCUT2D eigenvalue weighted by molar-refractivity contribution is 5.85. The molecule has 1 fully saturated rings. The monoisotopic (exact) mass is 235 g/mol. The van der Waals surface area contributed by atoms with Crippen molar-refractivity contribution in [1.82, 2.24) is 15.5 Å². The molecule has 4 nitrogen and oxygen atoms in total. The van der Waals surface area contributed by atoms with Crippen LogP contribution < -0.4 is 5.32 Å². The van der Waals surface area contributed by atoms with Crippen LogP contribution in [0.3, 0.4) is 0 Å². The van der Waals surface area contributed by atoms with Crippen molar-refractivity contribution < 1.29 is 8.91 Å². The van der Waals surface area contributed by atoms with E-state index >= 15 is 0 Å². The maximum atomic E-state index is 12.9. The Hall–Kier alpha value is -0.680. The molecule has 2 atom stereocenters. The zero-order chi connectivity index (χ0) is 10.1. The van der Waals surface area contributed by atoms with Gasteiger partial charge in [-0.15, -0.1) is 12.4 Å². The van der Waals surface area contributed by atoms with Crippen molar-refractivity contribution in [3.8, 4) is 0 Å². The van der Waals surface area contributed by atoms with Crippen LogP contribution >= 0.6 is 12.4 Å². The van der Waals surface area contributed by atoms with Crippen molar-refractivity contribution >= 4 is 12.4 Å². The molecule has 1 saturated heterocycles. The van der Waals surface area contributed by atoms with Crippen molar-refractivity contribution in [2.45, 2.75) is 38.4 Å². The molecule has 2 heterocycles. The molecule has 0 amide bonds. The maximum Gasteiger partial charge on any atom is 0.243 e. The molecule has 0 aromatic carbocycles. The summed E-state index contributed by atoms with van der Waals surface area (Å²) >= 11 is 0. The van der Waals surface area contributed by atoms with Gasteiger partial charge in [-0.3, -0.25) is 0 Å². The normalized spacial score (nSPS) is 25.6. The number of halogens is 2. The molecule has 1 N–H and O–H groups in total. The van der Waals surface area contributed by atoms with E-state index in [1.807, 2.05) is 13.8 Å². The molecule has 6 heteroatoms. The summed E-state index contributed by atoms with van der Waals surface area (Å²) in [5.41, 5.74) is 0. The second kappa shape index (κ2) is 4.90. The summed E-state index contributed by atoms with van der Waals surface area (Å²) in [7, 11) is 0. The van der Waals surface area contributed by atoms with Gasteiger partial charge in [0.25, 0.3) is 0 Å². The third-order valence-electron chi connectivity index (χ3n) is 2.35. The van der Waals surface area contributed by atoms with E-state index in [0.717, 1.165) is 0 Å². The van der Waals surface area contributed by atoms with Crippen LogP contribution in [0.15, 0.2) is 4.52 Å². The lowest BCUT2D eigenvalue weighted by molar-refractivity contribution is 0.322. The lowest BCUT2D eigenvalue weighted by atomic mass is 10.2. The second-order valence-corrected chi connectivity index (χ2v) is 3.94. The zero-order valence-corrected chi connectivity index (χ0v) is 9.55. The summed E-state index contributed by atoms with van der Waals surface area (Å²) in [6.07, 6.45) is -0.367. The van der Waals surface area contributed by atoms with Crippen LogP contribution in [0.4, 0.5) is 4.39 Å². The largest absolute Gasteiger partial charge is 0.338 e. The van der Waals surface area contributed by atoms with E-state index in [1.165, 1.54) is 0 Å². The lowest BCUT2D eigenvalue weighted by Crippen LogP contribution is -2.14. The van der Waals surface area contributed by atoms with E-state index < -0.39 is 6.17 Å². The fourth-order valence-corrected chi connectivity index (χ4v) is 1.50. The van der Waals surface area contributed by atoms with E-state index in [9.17, 15) is 4.39 Å². The molecule has 1 aromatic heterocycles. The maximum absolute atomic E-state index is 12.9. The number of aromatic nitrogens is 2. The highest BCUT2D eigenvalue weighted by Gasteiger charge is 2.29. The average Bonchev–Trinajstić information content (AvgIpc) is 2.70. The summed E-state index contributed by atoms with van der Waals surface area (Å²) in [4.78, 5) is 4.22. The van der Waals surface area contributed by atoms with E-state index in [0.29, 0.717) is 24.7 Å². The minimum Gasteiger partial charge on any atom is -0.338 e. The van der Waals surface area contributed by atoms with Crippen LogP contribution in [0.1, 0.15) is 43.9 Å². The van der Waals surface area contributed by atoms with Crippen LogP contribution in [-0.4, -0.2) is 22.9 Å². The quantitative estimate of drug-likeness (QED) is 0.852. The van der Waals surface area contributed by atoms with Crippen molar-refractivity contribution in [3.05, 3.63) is 11.7 Å². The number of nitrogens with one attached hydrogen (secondary N) is 1. The van der Waals surface area contributed by atoms with Crippen LogP contribution in [0.25, 0.3) is 0 Å².